The summed E-state index contributed by atoms with van der Waals surface area (Å²) in [6, 6.07) is 24.4. The molecule has 0 heterocycles. The van der Waals surface area contributed by atoms with Gasteiger partial charge < -0.3 is 10.2 Å². The van der Waals surface area contributed by atoms with Gasteiger partial charge in [-0.2, -0.15) is 0 Å². The molecule has 0 aliphatic rings. The summed E-state index contributed by atoms with van der Waals surface area (Å²) in [7, 11) is 1.68. The summed E-state index contributed by atoms with van der Waals surface area (Å²) >= 11 is 1.58. The van der Waals surface area contributed by atoms with E-state index in [0.717, 1.165) is 33.5 Å². The molecule has 0 aliphatic heterocycles. The van der Waals surface area contributed by atoms with Gasteiger partial charge in [0.15, 0.2) is 0 Å². The molecule has 0 radical (unpaired) electrons. The molecule has 3 aromatic carbocycles. The van der Waals surface area contributed by atoms with Crippen molar-refractivity contribution in [2.24, 2.45) is 0 Å². The monoisotopic (exact) mass is 446 g/mol. The molecule has 0 aliphatic carbocycles. The minimum absolute atomic E-state index is 0.0213. The van der Waals surface area contributed by atoms with Gasteiger partial charge in [-0.25, -0.2) is 0 Å². The number of anilines is 1. The molecule has 0 spiro atoms. The molecule has 0 bridgehead atoms. The smallest absolute Gasteiger partial charge is 0.243 e. The van der Waals surface area contributed by atoms with E-state index in [1.54, 1.807) is 18.8 Å². The number of likely N-dealkylation sites (N-methyl/N-ethyl adjacent to an activating group) is 1. The molecule has 5 heteroatoms. The number of carbonyl (C=O) groups is 2. The van der Waals surface area contributed by atoms with E-state index in [4.69, 9.17) is 0 Å². The standard InChI is InChI=1S/C27H30N2O2S/c1-19-15-20(2)26(21(3)16-19)28-24(30)17-29(4)25(31)18-32-27(22-11-7-5-8-12-22)23-13-9-6-10-14-23/h5-16,27H,17-18H2,1-4H3,(H,28,30). The third-order valence-corrected chi connectivity index (χ3v) is 6.62. The van der Waals surface area contributed by atoms with E-state index in [0.29, 0.717) is 5.75 Å². The number of amides is 2. The molecule has 0 atom stereocenters. The van der Waals surface area contributed by atoms with Crippen LogP contribution < -0.4 is 5.32 Å². The van der Waals surface area contributed by atoms with Gasteiger partial charge in [-0.15, -0.1) is 11.8 Å². The van der Waals surface area contributed by atoms with E-state index >= 15 is 0 Å². The Bertz CT molecular complexity index is 1010. The van der Waals surface area contributed by atoms with Crippen molar-refractivity contribution in [3.8, 4) is 0 Å². The van der Waals surface area contributed by atoms with Gasteiger partial charge >= 0.3 is 0 Å². The number of nitrogens with zero attached hydrogens (tertiary/aromatic N) is 1. The molecule has 4 nitrogen and oxygen atoms in total. The molecule has 32 heavy (non-hydrogen) atoms. The Morgan fingerprint density at radius 2 is 1.38 bits per heavy atom. The van der Waals surface area contributed by atoms with E-state index in [1.807, 2.05) is 69.3 Å². The lowest BCUT2D eigenvalue weighted by atomic mass is 10.0. The number of thioether (sulfide) groups is 1. The maximum atomic E-state index is 12.8. The van der Waals surface area contributed by atoms with Crippen molar-refractivity contribution in [2.45, 2.75) is 26.0 Å². The van der Waals surface area contributed by atoms with Gasteiger partial charge in [0.1, 0.15) is 0 Å². The molecule has 0 fully saturated rings. The van der Waals surface area contributed by atoms with Crippen molar-refractivity contribution >= 4 is 29.3 Å². The first-order valence-electron chi connectivity index (χ1n) is 10.7. The van der Waals surface area contributed by atoms with Crippen LogP contribution in [0.5, 0.6) is 0 Å². The van der Waals surface area contributed by atoms with Crippen molar-refractivity contribution in [1.82, 2.24) is 4.90 Å². The lowest BCUT2D eigenvalue weighted by molar-refractivity contribution is -0.131. The highest BCUT2D eigenvalue weighted by molar-refractivity contribution is 8.00. The van der Waals surface area contributed by atoms with Crippen molar-refractivity contribution < 1.29 is 9.59 Å². The summed E-state index contributed by atoms with van der Waals surface area (Å²) in [5.41, 5.74) is 6.34. The topological polar surface area (TPSA) is 49.4 Å². The third kappa shape index (κ3) is 6.24. The first kappa shape index (κ1) is 23.6. The summed E-state index contributed by atoms with van der Waals surface area (Å²) in [5.74, 6) is 0.0313. The Morgan fingerprint density at radius 3 is 1.88 bits per heavy atom. The molecule has 0 saturated carbocycles. The van der Waals surface area contributed by atoms with Gasteiger partial charge in [0.05, 0.1) is 17.5 Å². The first-order valence-corrected chi connectivity index (χ1v) is 11.7. The molecule has 0 unspecified atom stereocenters. The van der Waals surface area contributed by atoms with E-state index in [9.17, 15) is 9.59 Å². The molecule has 3 aromatic rings. The van der Waals surface area contributed by atoms with Crippen LogP contribution in [0.1, 0.15) is 33.1 Å². The maximum absolute atomic E-state index is 12.8. The predicted octanol–water partition coefficient (Wildman–Crippen LogP) is 5.53. The van der Waals surface area contributed by atoms with Crippen LogP contribution in [-0.4, -0.2) is 36.1 Å². The van der Waals surface area contributed by atoms with E-state index in [1.165, 1.54) is 4.90 Å². The number of hydrogen-bond donors (Lipinski definition) is 1. The summed E-state index contributed by atoms with van der Waals surface area (Å²) in [5, 5.41) is 3.03. The molecule has 1 N–H and O–H groups in total. The molecule has 0 aromatic heterocycles. The Morgan fingerprint density at radius 1 is 0.875 bits per heavy atom. The van der Waals surface area contributed by atoms with Gasteiger partial charge in [0.25, 0.3) is 0 Å². The quantitative estimate of drug-likeness (QED) is 0.495. The van der Waals surface area contributed by atoms with Crippen LogP contribution >= 0.6 is 11.8 Å². The van der Waals surface area contributed by atoms with Gasteiger partial charge in [0.2, 0.25) is 11.8 Å². The highest BCUT2D eigenvalue weighted by Crippen LogP contribution is 2.35. The Hall–Kier alpha value is -3.05. The van der Waals surface area contributed by atoms with Crippen LogP contribution in [0.4, 0.5) is 5.69 Å². The Kier molecular flexibility index (Phi) is 8.12. The van der Waals surface area contributed by atoms with E-state index < -0.39 is 0 Å². The first-order chi connectivity index (χ1) is 15.3. The Balaban J connectivity index is 1.61. The van der Waals surface area contributed by atoms with Gasteiger partial charge in [-0.05, 0) is 43.0 Å². The van der Waals surface area contributed by atoms with Crippen LogP contribution in [0.3, 0.4) is 0 Å². The maximum Gasteiger partial charge on any atom is 0.243 e. The van der Waals surface area contributed by atoms with Gasteiger partial charge in [-0.3, -0.25) is 9.59 Å². The van der Waals surface area contributed by atoms with Crippen molar-refractivity contribution in [1.29, 1.82) is 0 Å². The van der Waals surface area contributed by atoms with Crippen LogP contribution in [0.2, 0.25) is 0 Å². The van der Waals surface area contributed by atoms with Crippen molar-refractivity contribution in [3.63, 3.8) is 0 Å². The molecule has 2 amide bonds. The van der Waals surface area contributed by atoms with Gasteiger partial charge in [0, 0.05) is 12.7 Å². The fraction of sp³-hybridized carbons (Fsp3) is 0.259. The normalized spacial score (nSPS) is 10.8. The molecular formula is C27H30N2O2S. The number of aryl methyl sites for hydroxylation is 3. The van der Waals surface area contributed by atoms with Crippen LogP contribution in [0, 0.1) is 20.8 Å². The second-order valence-electron chi connectivity index (χ2n) is 8.08. The number of carbonyl (C=O) groups excluding carboxylic acids is 2. The van der Waals surface area contributed by atoms with Crippen LogP contribution in [-0.2, 0) is 9.59 Å². The zero-order chi connectivity index (χ0) is 23.1. The lowest BCUT2D eigenvalue weighted by Gasteiger charge is -2.21. The largest absolute Gasteiger partial charge is 0.336 e. The fourth-order valence-electron chi connectivity index (χ4n) is 3.77. The van der Waals surface area contributed by atoms with E-state index in [2.05, 4.69) is 29.6 Å². The highest BCUT2D eigenvalue weighted by Gasteiger charge is 2.19. The zero-order valence-electron chi connectivity index (χ0n) is 19.1. The van der Waals surface area contributed by atoms with E-state index in [-0.39, 0.29) is 23.6 Å². The lowest BCUT2D eigenvalue weighted by Crippen LogP contribution is -2.36. The minimum Gasteiger partial charge on any atom is -0.336 e. The average Bonchev–Trinajstić information content (AvgIpc) is 2.77. The SMILES string of the molecule is Cc1cc(C)c(NC(=O)CN(C)C(=O)CSC(c2ccccc2)c2ccccc2)c(C)c1. The van der Waals surface area contributed by atoms with Crippen LogP contribution in [0.15, 0.2) is 72.8 Å². The zero-order valence-corrected chi connectivity index (χ0v) is 19.9. The predicted molar refractivity (Wildman–Crippen MR) is 134 cm³/mol. The average molecular weight is 447 g/mol. The number of hydrogen-bond acceptors (Lipinski definition) is 3. The van der Waals surface area contributed by atoms with Gasteiger partial charge in [-0.1, -0.05) is 78.4 Å². The summed E-state index contributed by atoms with van der Waals surface area (Å²) in [6.45, 7) is 6.02. The molecule has 0 saturated heterocycles. The summed E-state index contributed by atoms with van der Waals surface area (Å²) < 4.78 is 0. The number of rotatable bonds is 8. The molecule has 166 valence electrons. The molecular weight excluding hydrogens is 416 g/mol. The van der Waals surface area contributed by atoms with Crippen molar-refractivity contribution in [2.75, 3.05) is 24.7 Å². The summed E-state index contributed by atoms with van der Waals surface area (Å²) in [6.07, 6.45) is 0. The fourth-order valence-corrected chi connectivity index (χ4v) is 4.99. The highest BCUT2D eigenvalue weighted by atomic mass is 32.2. The molecule has 3 rings (SSSR count). The third-order valence-electron chi connectivity index (χ3n) is 5.33. The summed E-state index contributed by atoms with van der Waals surface area (Å²) in [4.78, 5) is 26.9. The van der Waals surface area contributed by atoms with Crippen LogP contribution in [0.25, 0.3) is 0 Å². The second-order valence-corrected chi connectivity index (χ2v) is 9.18. The number of nitrogens with one attached hydrogen (secondary N) is 1. The Labute approximate surface area is 195 Å². The number of benzene rings is 3. The second kappa shape index (κ2) is 11.0. The minimum atomic E-state index is -0.191. The van der Waals surface area contributed by atoms with Crippen molar-refractivity contribution in [3.05, 3.63) is 101 Å².